The van der Waals surface area contributed by atoms with Crippen molar-refractivity contribution in [3.8, 4) is 5.88 Å². The van der Waals surface area contributed by atoms with E-state index in [0.717, 1.165) is 0 Å². The lowest BCUT2D eigenvalue weighted by molar-refractivity contribution is -0.149. The Morgan fingerprint density at radius 3 is 2.57 bits per heavy atom. The van der Waals surface area contributed by atoms with Crippen LogP contribution < -0.4 is 9.82 Å². The van der Waals surface area contributed by atoms with Crippen molar-refractivity contribution >= 4 is 30.8 Å². The molecule has 2 aromatic heterocycles. The number of imidazole rings is 1. The number of carbonyl (C=O) groups excluding carboxylic acids is 2. The molecule has 2 unspecified atom stereocenters. The molecular formula is C29H40N5O11P. The molecule has 1 aliphatic heterocycles. The van der Waals surface area contributed by atoms with E-state index in [0.29, 0.717) is 16.9 Å². The summed E-state index contributed by atoms with van der Waals surface area (Å²) < 4.78 is 48.2. The van der Waals surface area contributed by atoms with Gasteiger partial charge in [0.2, 0.25) is 5.88 Å². The highest BCUT2D eigenvalue weighted by atomic mass is 31.2. The lowest BCUT2D eigenvalue weighted by atomic mass is 9.96. The summed E-state index contributed by atoms with van der Waals surface area (Å²) in [5, 5.41) is 25.1. The van der Waals surface area contributed by atoms with E-state index in [1.807, 2.05) is 0 Å². The standard InChI is InChI=1S/C29H40N5O11P/c1-7-41-22(35)15-43-46(39,33-20(27(37)44-17(2)3)13-19-11-9-8-10-12-19)42-14-21-24(36)29(5,38)28(45-21)34-16-30-23-25(34)31-18(4)32-26(23)40-6/h8-12,16-17,20-21,24,28,36,38H,7,13-15H2,1-6H3,(H,33,39)/t20-,21+,24?,28+,29-,46?/m0/s1. The zero-order valence-corrected chi connectivity index (χ0v) is 27.4. The number of nitrogens with zero attached hydrogens (tertiary/aromatic N) is 4. The van der Waals surface area contributed by atoms with Crippen molar-refractivity contribution in [3.63, 3.8) is 0 Å². The molecule has 4 rings (SSSR count). The second-order valence-electron chi connectivity index (χ2n) is 11.0. The number of aliphatic hydroxyl groups excluding tert-OH is 1. The van der Waals surface area contributed by atoms with Gasteiger partial charge in [-0.1, -0.05) is 30.3 Å². The van der Waals surface area contributed by atoms with Crippen LogP contribution in [0.2, 0.25) is 0 Å². The summed E-state index contributed by atoms with van der Waals surface area (Å²) in [6.45, 7) is 6.62. The highest BCUT2D eigenvalue weighted by molar-refractivity contribution is 7.51. The highest BCUT2D eigenvalue weighted by Crippen LogP contribution is 2.47. The van der Waals surface area contributed by atoms with Crippen LogP contribution in [0.15, 0.2) is 36.7 Å². The molecule has 0 radical (unpaired) electrons. The number of aromatic nitrogens is 4. The molecule has 0 amide bonds. The summed E-state index contributed by atoms with van der Waals surface area (Å²) in [4.78, 5) is 38.1. The largest absolute Gasteiger partial charge is 0.479 e. The SMILES string of the molecule is CCOC(=O)COP(=O)(N[C@@H](Cc1ccccc1)C(=O)OC(C)C)OC[C@H]1O[C@@H](n2cnc3c(OC)nc(C)nc32)[C@@](C)(O)C1O. The molecule has 252 valence electrons. The van der Waals surface area contributed by atoms with Crippen LogP contribution in [0.25, 0.3) is 11.2 Å². The van der Waals surface area contributed by atoms with Gasteiger partial charge in [0, 0.05) is 0 Å². The van der Waals surface area contributed by atoms with Gasteiger partial charge in [0.25, 0.3) is 0 Å². The lowest BCUT2D eigenvalue weighted by Gasteiger charge is -2.27. The zero-order valence-electron chi connectivity index (χ0n) is 26.5. The fourth-order valence-electron chi connectivity index (χ4n) is 4.85. The van der Waals surface area contributed by atoms with Gasteiger partial charge >= 0.3 is 19.7 Å². The minimum Gasteiger partial charge on any atom is -0.479 e. The summed E-state index contributed by atoms with van der Waals surface area (Å²) in [5.74, 6) is -0.971. The van der Waals surface area contributed by atoms with Crippen molar-refractivity contribution in [2.24, 2.45) is 0 Å². The molecule has 1 aromatic carbocycles. The van der Waals surface area contributed by atoms with Crippen LogP contribution in [0.5, 0.6) is 5.88 Å². The first kappa shape index (κ1) is 35.4. The third kappa shape index (κ3) is 8.25. The number of esters is 2. The van der Waals surface area contributed by atoms with Gasteiger partial charge in [0.05, 0.1) is 32.8 Å². The van der Waals surface area contributed by atoms with Gasteiger partial charge in [0.1, 0.15) is 29.7 Å². The summed E-state index contributed by atoms with van der Waals surface area (Å²) in [7, 11) is -3.09. The molecule has 3 heterocycles. The monoisotopic (exact) mass is 665 g/mol. The topological polar surface area (TPSA) is 203 Å². The van der Waals surface area contributed by atoms with E-state index in [9.17, 15) is 24.4 Å². The van der Waals surface area contributed by atoms with Gasteiger partial charge < -0.3 is 29.2 Å². The Morgan fingerprint density at radius 2 is 1.91 bits per heavy atom. The van der Waals surface area contributed by atoms with Gasteiger partial charge in [-0.2, -0.15) is 4.98 Å². The lowest BCUT2D eigenvalue weighted by Crippen LogP contribution is -2.44. The number of benzene rings is 1. The van der Waals surface area contributed by atoms with E-state index in [1.165, 1.54) is 24.9 Å². The van der Waals surface area contributed by atoms with E-state index < -0.39 is 69.1 Å². The minimum atomic E-state index is -4.52. The van der Waals surface area contributed by atoms with Crippen molar-refractivity contribution in [1.29, 1.82) is 0 Å². The second-order valence-corrected chi connectivity index (χ2v) is 12.8. The zero-order chi connectivity index (χ0) is 33.6. The predicted octanol–water partition coefficient (Wildman–Crippen LogP) is 2.01. The number of methoxy groups -OCH3 is 1. The van der Waals surface area contributed by atoms with Crippen LogP contribution in [-0.4, -0.2) is 98.6 Å². The minimum absolute atomic E-state index is 0.0420. The van der Waals surface area contributed by atoms with Gasteiger partial charge in [-0.05, 0) is 46.6 Å². The molecule has 0 spiro atoms. The average molecular weight is 666 g/mol. The van der Waals surface area contributed by atoms with Crippen molar-refractivity contribution in [2.45, 2.75) is 77.2 Å². The number of aliphatic hydroxyl groups is 2. The predicted molar refractivity (Wildman–Crippen MR) is 162 cm³/mol. The molecule has 0 saturated carbocycles. The number of hydrogen-bond acceptors (Lipinski definition) is 14. The van der Waals surface area contributed by atoms with Crippen LogP contribution >= 0.6 is 7.75 Å². The molecular weight excluding hydrogens is 625 g/mol. The average Bonchev–Trinajstić information content (AvgIpc) is 3.51. The molecule has 1 fully saturated rings. The third-order valence-electron chi connectivity index (χ3n) is 7.00. The summed E-state index contributed by atoms with van der Waals surface area (Å²) in [6, 6.07) is 7.69. The maximum atomic E-state index is 14.1. The van der Waals surface area contributed by atoms with Crippen molar-refractivity contribution in [3.05, 3.63) is 48.0 Å². The van der Waals surface area contributed by atoms with Gasteiger partial charge in [-0.15, -0.1) is 0 Å². The number of hydrogen-bond donors (Lipinski definition) is 3. The maximum absolute atomic E-state index is 14.1. The Morgan fingerprint density at radius 1 is 1.20 bits per heavy atom. The Hall–Kier alpha value is -3.50. The fourth-order valence-corrected chi connectivity index (χ4v) is 6.27. The number of carbonyl (C=O) groups is 2. The molecule has 16 nitrogen and oxygen atoms in total. The van der Waals surface area contributed by atoms with E-state index in [-0.39, 0.29) is 24.6 Å². The summed E-state index contributed by atoms with van der Waals surface area (Å²) in [6.07, 6.45) is -3.13. The Bertz CT molecular complexity index is 1550. The maximum Gasteiger partial charge on any atom is 0.406 e. The molecule has 3 aromatic rings. The van der Waals surface area contributed by atoms with Gasteiger partial charge in [-0.25, -0.2) is 24.4 Å². The number of nitrogens with one attached hydrogen (secondary N) is 1. The van der Waals surface area contributed by atoms with Crippen LogP contribution in [0.4, 0.5) is 0 Å². The molecule has 1 saturated heterocycles. The van der Waals surface area contributed by atoms with E-state index >= 15 is 0 Å². The fraction of sp³-hybridized carbons (Fsp3) is 0.552. The molecule has 3 N–H and O–H groups in total. The van der Waals surface area contributed by atoms with Crippen molar-refractivity contribution in [1.82, 2.24) is 24.6 Å². The highest BCUT2D eigenvalue weighted by Gasteiger charge is 2.54. The number of ether oxygens (including phenoxy) is 4. The van der Waals surface area contributed by atoms with Crippen molar-refractivity contribution < 1.29 is 52.4 Å². The first-order chi connectivity index (χ1) is 21.8. The smallest absolute Gasteiger partial charge is 0.406 e. The number of fused-ring (bicyclic) bond motifs is 1. The van der Waals surface area contributed by atoms with Gasteiger partial charge in [0.15, 0.2) is 24.0 Å². The van der Waals surface area contributed by atoms with Crippen LogP contribution in [0.1, 0.15) is 45.3 Å². The molecule has 17 heteroatoms. The summed E-state index contributed by atoms with van der Waals surface area (Å²) in [5.41, 5.74) is -0.607. The van der Waals surface area contributed by atoms with Crippen LogP contribution in [0, 0.1) is 6.92 Å². The quantitative estimate of drug-likeness (QED) is 0.157. The normalized spacial score (nSPS) is 23.3. The summed E-state index contributed by atoms with van der Waals surface area (Å²) >= 11 is 0. The molecule has 1 aliphatic rings. The number of rotatable bonds is 15. The third-order valence-corrected chi connectivity index (χ3v) is 8.59. The van der Waals surface area contributed by atoms with Crippen LogP contribution in [-0.2, 0) is 43.8 Å². The Labute approximate surface area is 265 Å². The molecule has 0 bridgehead atoms. The Kier molecular flexibility index (Phi) is 11.5. The number of aryl methyl sites for hydroxylation is 1. The second kappa shape index (κ2) is 14.9. The molecule has 0 aliphatic carbocycles. The van der Waals surface area contributed by atoms with E-state index in [1.54, 1.807) is 58.0 Å². The van der Waals surface area contributed by atoms with Crippen LogP contribution in [0.3, 0.4) is 0 Å². The van der Waals surface area contributed by atoms with Gasteiger partial charge in [-0.3, -0.25) is 18.4 Å². The first-order valence-electron chi connectivity index (χ1n) is 14.7. The van der Waals surface area contributed by atoms with Crippen molar-refractivity contribution in [2.75, 3.05) is 26.9 Å². The molecule has 46 heavy (non-hydrogen) atoms. The van der Waals surface area contributed by atoms with E-state index in [2.05, 4.69) is 20.0 Å². The molecule has 6 atom stereocenters. The van der Waals surface area contributed by atoms with E-state index in [4.69, 9.17) is 28.0 Å². The first-order valence-corrected chi connectivity index (χ1v) is 16.2. The Balaban J connectivity index is 1.58.